The van der Waals surface area contributed by atoms with Crippen molar-refractivity contribution in [1.82, 2.24) is 5.32 Å². The van der Waals surface area contributed by atoms with Crippen LogP contribution < -0.4 is 5.32 Å². The fourth-order valence-corrected chi connectivity index (χ4v) is 2.77. The maximum Gasteiger partial charge on any atom is 0.407 e. The zero-order valence-electron chi connectivity index (χ0n) is 9.75. The van der Waals surface area contributed by atoms with Crippen LogP contribution in [0.1, 0.15) is 5.56 Å². The van der Waals surface area contributed by atoms with Crippen molar-refractivity contribution >= 4 is 16.2 Å². The molecule has 0 aromatic heterocycles. The van der Waals surface area contributed by atoms with E-state index in [1.54, 1.807) is 25.1 Å². The van der Waals surface area contributed by atoms with E-state index in [0.717, 1.165) is 0 Å². The lowest BCUT2D eigenvalue weighted by Crippen LogP contribution is -2.32. The minimum absolute atomic E-state index is 0.113. The van der Waals surface area contributed by atoms with Crippen molar-refractivity contribution < 1.29 is 22.1 Å². The fourth-order valence-electron chi connectivity index (χ4n) is 1.59. The van der Waals surface area contributed by atoms with Gasteiger partial charge < -0.3 is 10.1 Å². The van der Waals surface area contributed by atoms with Gasteiger partial charge in [0, 0.05) is 0 Å². The van der Waals surface area contributed by atoms with Crippen molar-refractivity contribution in [2.75, 3.05) is 13.2 Å². The maximum atomic E-state index is 11.9. The Morgan fingerprint density at radius 1 is 1.44 bits per heavy atom. The van der Waals surface area contributed by atoms with Crippen molar-refractivity contribution in [2.45, 2.75) is 17.9 Å². The first-order valence-electron chi connectivity index (χ1n) is 5.37. The molecule has 0 spiro atoms. The number of carbonyl (C=O) groups is 1. The highest BCUT2D eigenvalue weighted by atomic mass is 32.2. The third kappa shape index (κ3) is 2.80. The number of rotatable bonds is 4. The molecule has 0 radical (unpaired) electrons. The van der Waals surface area contributed by atoms with Gasteiger partial charge in [0.1, 0.15) is 6.61 Å². The number of hydrogen-bond acceptors (Lipinski definition) is 5. The highest BCUT2D eigenvalue weighted by molar-refractivity contribution is 7.86. The van der Waals surface area contributed by atoms with Crippen LogP contribution >= 0.6 is 0 Å². The summed E-state index contributed by atoms with van der Waals surface area (Å²) in [4.78, 5) is 10.9. The minimum atomic E-state index is -3.80. The molecule has 1 fully saturated rings. The lowest BCUT2D eigenvalue weighted by atomic mass is 10.2. The van der Waals surface area contributed by atoms with Gasteiger partial charge in [0.15, 0.2) is 0 Å². The second-order valence-electron chi connectivity index (χ2n) is 3.94. The quantitative estimate of drug-likeness (QED) is 0.819. The summed E-state index contributed by atoms with van der Waals surface area (Å²) in [5.41, 5.74) is 0.615. The Labute approximate surface area is 105 Å². The normalized spacial score (nSPS) is 19.4. The molecule has 1 aromatic rings. The zero-order valence-corrected chi connectivity index (χ0v) is 10.6. The van der Waals surface area contributed by atoms with Crippen molar-refractivity contribution in [1.29, 1.82) is 0 Å². The molecule has 0 unspecified atom stereocenters. The topological polar surface area (TPSA) is 81.7 Å². The molecule has 1 aliphatic heterocycles. The molecule has 18 heavy (non-hydrogen) atoms. The standard InChI is InChI=1S/C11H13NO5S/c1-8-4-2-3-5-10(8)18(14,15)17-7-9-6-16-11(13)12-9/h2-5,9H,6-7H2,1H3,(H,12,13)/t9-/m0/s1. The molecule has 1 amide bonds. The molecule has 1 atom stereocenters. The van der Waals surface area contributed by atoms with Gasteiger partial charge in [-0.3, -0.25) is 4.18 Å². The van der Waals surface area contributed by atoms with Crippen molar-refractivity contribution in [3.8, 4) is 0 Å². The number of cyclic esters (lactones) is 1. The van der Waals surface area contributed by atoms with Gasteiger partial charge in [0.25, 0.3) is 10.1 Å². The first-order valence-corrected chi connectivity index (χ1v) is 6.78. The van der Waals surface area contributed by atoms with Crippen LogP contribution in [0.25, 0.3) is 0 Å². The van der Waals surface area contributed by atoms with E-state index in [1.165, 1.54) is 6.07 Å². The summed E-state index contributed by atoms with van der Waals surface area (Å²) in [5, 5.41) is 2.44. The Kier molecular flexibility index (Phi) is 3.53. The predicted molar refractivity (Wildman–Crippen MR) is 62.6 cm³/mol. The molecule has 1 aromatic carbocycles. The highest BCUT2D eigenvalue weighted by Crippen LogP contribution is 2.17. The molecule has 6 nitrogen and oxygen atoms in total. The van der Waals surface area contributed by atoms with Crippen LogP contribution in [0.5, 0.6) is 0 Å². The van der Waals surface area contributed by atoms with E-state index < -0.39 is 22.3 Å². The van der Waals surface area contributed by atoms with Crippen LogP contribution in [0.3, 0.4) is 0 Å². The number of aryl methyl sites for hydroxylation is 1. The van der Waals surface area contributed by atoms with Gasteiger partial charge in [-0.05, 0) is 18.6 Å². The molecule has 1 N–H and O–H groups in total. The number of nitrogens with one attached hydrogen (secondary N) is 1. The number of benzene rings is 1. The van der Waals surface area contributed by atoms with Crippen molar-refractivity contribution in [3.63, 3.8) is 0 Å². The van der Waals surface area contributed by atoms with Gasteiger partial charge in [-0.2, -0.15) is 8.42 Å². The van der Waals surface area contributed by atoms with Gasteiger partial charge in [0.2, 0.25) is 0 Å². The van der Waals surface area contributed by atoms with Crippen LogP contribution in [-0.2, 0) is 19.0 Å². The van der Waals surface area contributed by atoms with E-state index in [0.29, 0.717) is 5.56 Å². The van der Waals surface area contributed by atoms with Crippen LogP contribution in [0.2, 0.25) is 0 Å². The molecule has 1 saturated heterocycles. The Hall–Kier alpha value is -1.60. The summed E-state index contributed by atoms with van der Waals surface area (Å²) >= 11 is 0. The molecule has 1 aliphatic rings. The Balaban J connectivity index is 2.04. The summed E-state index contributed by atoms with van der Waals surface area (Å²) in [6, 6.07) is 6.12. The van der Waals surface area contributed by atoms with E-state index in [4.69, 9.17) is 4.18 Å². The maximum absolute atomic E-state index is 11.9. The van der Waals surface area contributed by atoms with Crippen LogP contribution in [0.4, 0.5) is 4.79 Å². The van der Waals surface area contributed by atoms with Gasteiger partial charge in [-0.1, -0.05) is 18.2 Å². The summed E-state index contributed by atoms with van der Waals surface area (Å²) in [6.45, 7) is 1.67. The molecule has 7 heteroatoms. The van der Waals surface area contributed by atoms with Crippen LogP contribution in [0, 0.1) is 6.92 Å². The lowest BCUT2D eigenvalue weighted by molar-refractivity contribution is 0.174. The van der Waals surface area contributed by atoms with E-state index in [2.05, 4.69) is 10.1 Å². The number of carbonyl (C=O) groups excluding carboxylic acids is 1. The van der Waals surface area contributed by atoms with Gasteiger partial charge in [-0.25, -0.2) is 4.79 Å². The molecular weight excluding hydrogens is 258 g/mol. The summed E-state index contributed by atoms with van der Waals surface area (Å²) in [6.07, 6.45) is -0.558. The second kappa shape index (κ2) is 4.95. The monoisotopic (exact) mass is 271 g/mol. The molecular formula is C11H13NO5S. The molecule has 2 rings (SSSR count). The molecule has 0 saturated carbocycles. The average molecular weight is 271 g/mol. The molecule has 1 heterocycles. The fraction of sp³-hybridized carbons (Fsp3) is 0.364. The number of amides is 1. The van der Waals surface area contributed by atoms with Crippen LogP contribution in [0.15, 0.2) is 29.2 Å². The summed E-state index contributed by atoms with van der Waals surface area (Å²) in [7, 11) is -3.80. The van der Waals surface area contributed by atoms with E-state index in [-0.39, 0.29) is 18.1 Å². The van der Waals surface area contributed by atoms with E-state index >= 15 is 0 Å². The van der Waals surface area contributed by atoms with E-state index in [1.807, 2.05) is 0 Å². The minimum Gasteiger partial charge on any atom is -0.447 e. The third-order valence-electron chi connectivity index (χ3n) is 2.52. The Morgan fingerprint density at radius 3 is 2.78 bits per heavy atom. The van der Waals surface area contributed by atoms with E-state index in [9.17, 15) is 13.2 Å². The lowest BCUT2D eigenvalue weighted by Gasteiger charge is -2.10. The zero-order chi connectivity index (χ0) is 13.2. The summed E-state index contributed by atoms with van der Waals surface area (Å²) < 4.78 is 33.4. The van der Waals surface area contributed by atoms with Crippen LogP contribution in [-0.4, -0.2) is 33.8 Å². The number of alkyl carbamates (subject to hydrolysis) is 1. The SMILES string of the molecule is Cc1ccccc1S(=O)(=O)OC[C@@H]1COC(=O)N1. The molecule has 98 valence electrons. The number of ether oxygens (including phenoxy) is 1. The molecule has 0 bridgehead atoms. The highest BCUT2D eigenvalue weighted by Gasteiger charge is 2.26. The Bertz CT molecular complexity index is 554. The largest absolute Gasteiger partial charge is 0.447 e. The Morgan fingerprint density at radius 2 is 2.17 bits per heavy atom. The van der Waals surface area contributed by atoms with Gasteiger partial charge >= 0.3 is 6.09 Å². The predicted octanol–water partition coefficient (Wildman–Crippen LogP) is 0.809. The smallest absolute Gasteiger partial charge is 0.407 e. The summed E-state index contributed by atoms with van der Waals surface area (Å²) in [5.74, 6) is 0. The van der Waals surface area contributed by atoms with Gasteiger partial charge in [-0.15, -0.1) is 0 Å². The average Bonchev–Trinajstić information content (AvgIpc) is 2.73. The van der Waals surface area contributed by atoms with Crippen molar-refractivity contribution in [2.24, 2.45) is 0 Å². The van der Waals surface area contributed by atoms with Gasteiger partial charge in [0.05, 0.1) is 17.5 Å². The molecule has 0 aliphatic carbocycles. The van der Waals surface area contributed by atoms with Crippen molar-refractivity contribution in [3.05, 3.63) is 29.8 Å². The second-order valence-corrected chi connectivity index (χ2v) is 5.53. The third-order valence-corrected chi connectivity index (χ3v) is 3.97. The number of hydrogen-bond donors (Lipinski definition) is 1. The first kappa shape index (κ1) is 12.8. The first-order chi connectivity index (χ1) is 8.49.